The lowest BCUT2D eigenvalue weighted by molar-refractivity contribution is 0.239. The summed E-state index contributed by atoms with van der Waals surface area (Å²) >= 11 is 5.73. The number of carbonyl (C=O) groups excluding carboxylic acids is 1. The largest absolute Gasteiger partial charge is 0.331 e. The van der Waals surface area contributed by atoms with E-state index >= 15 is 0 Å². The lowest BCUT2D eigenvalue weighted by Crippen LogP contribution is -2.36. The highest BCUT2D eigenvalue weighted by atomic mass is 35.5. The topological polar surface area (TPSA) is 115 Å². The van der Waals surface area contributed by atoms with Gasteiger partial charge in [0.1, 0.15) is 24.3 Å². The molecule has 2 N–H and O–H groups in total. The Kier molecular flexibility index (Phi) is 6.02. The van der Waals surface area contributed by atoms with E-state index in [1.165, 1.54) is 46.3 Å². The maximum absolute atomic E-state index is 13.8. The maximum Gasteiger partial charge on any atom is 0.315 e. The zero-order valence-corrected chi connectivity index (χ0v) is 18.6. The number of fused-ring (bicyclic) bond motifs is 1. The van der Waals surface area contributed by atoms with Gasteiger partial charge in [0.2, 0.25) is 0 Å². The minimum absolute atomic E-state index is 0.00543. The second-order valence-corrected chi connectivity index (χ2v) is 7.75. The fraction of sp³-hybridized carbons (Fsp3) is 0.0909. The standard InChI is InChI=1S/C22H16ClF2N9O/c23-17-4-3-15(7-18(17)25)33-20(29-11-31-33)9-27-22(35)28-10-21-30-12-32-34(21)16-5-13-1-2-14(24)6-19(13)26-8-16/h1-8,11-12H,9-10H2,(H2,27,28,35). The van der Waals surface area contributed by atoms with Crippen LogP contribution in [0.2, 0.25) is 5.02 Å². The highest BCUT2D eigenvalue weighted by Crippen LogP contribution is 2.19. The van der Waals surface area contributed by atoms with E-state index < -0.39 is 11.8 Å². The molecule has 2 aromatic carbocycles. The van der Waals surface area contributed by atoms with Gasteiger partial charge >= 0.3 is 6.03 Å². The van der Waals surface area contributed by atoms with Gasteiger partial charge in [0.25, 0.3) is 0 Å². The van der Waals surface area contributed by atoms with Gasteiger partial charge in [-0.05, 0) is 30.3 Å². The van der Waals surface area contributed by atoms with E-state index in [1.807, 2.05) is 0 Å². The number of benzene rings is 2. The van der Waals surface area contributed by atoms with E-state index in [1.54, 1.807) is 24.4 Å². The van der Waals surface area contributed by atoms with Gasteiger partial charge in [-0.15, -0.1) is 0 Å². The molecule has 5 rings (SSSR count). The molecule has 0 aliphatic heterocycles. The zero-order chi connectivity index (χ0) is 24.4. The molecule has 176 valence electrons. The van der Waals surface area contributed by atoms with Crippen molar-refractivity contribution in [3.05, 3.63) is 89.6 Å². The molecule has 0 fully saturated rings. The molecule has 3 heterocycles. The number of nitrogens with zero attached hydrogens (tertiary/aromatic N) is 7. The van der Waals surface area contributed by atoms with Crippen LogP contribution in [0.4, 0.5) is 13.6 Å². The molecule has 0 spiro atoms. The molecule has 2 amide bonds. The molecule has 0 aliphatic carbocycles. The monoisotopic (exact) mass is 495 g/mol. The molecule has 0 unspecified atom stereocenters. The second-order valence-electron chi connectivity index (χ2n) is 7.34. The van der Waals surface area contributed by atoms with Crippen LogP contribution in [0.25, 0.3) is 22.3 Å². The van der Waals surface area contributed by atoms with Crippen LogP contribution in [-0.2, 0) is 13.1 Å². The highest BCUT2D eigenvalue weighted by molar-refractivity contribution is 6.30. The first-order valence-corrected chi connectivity index (χ1v) is 10.7. The van der Waals surface area contributed by atoms with Crippen LogP contribution >= 0.6 is 11.6 Å². The third-order valence-corrected chi connectivity index (χ3v) is 5.38. The van der Waals surface area contributed by atoms with Crippen molar-refractivity contribution in [3.8, 4) is 11.4 Å². The first-order valence-electron chi connectivity index (χ1n) is 10.3. The molecule has 0 aliphatic rings. The number of halogens is 3. The Bertz CT molecular complexity index is 1530. The summed E-state index contributed by atoms with van der Waals surface area (Å²) in [6.07, 6.45) is 4.21. The lowest BCUT2D eigenvalue weighted by Gasteiger charge is -2.10. The number of urea groups is 1. The van der Waals surface area contributed by atoms with Crippen molar-refractivity contribution in [2.45, 2.75) is 13.1 Å². The van der Waals surface area contributed by atoms with Crippen molar-refractivity contribution in [1.82, 2.24) is 45.1 Å². The average Bonchev–Trinajstić information content (AvgIpc) is 3.52. The minimum Gasteiger partial charge on any atom is -0.331 e. The predicted molar refractivity (Wildman–Crippen MR) is 122 cm³/mol. The Morgan fingerprint density at radius 2 is 1.54 bits per heavy atom. The van der Waals surface area contributed by atoms with Gasteiger partial charge in [-0.25, -0.2) is 32.9 Å². The van der Waals surface area contributed by atoms with Crippen LogP contribution in [0.5, 0.6) is 0 Å². The first-order chi connectivity index (χ1) is 17.0. The van der Waals surface area contributed by atoms with E-state index in [9.17, 15) is 13.6 Å². The van der Waals surface area contributed by atoms with Gasteiger partial charge in [0.15, 0.2) is 11.6 Å². The van der Waals surface area contributed by atoms with Crippen LogP contribution in [0.1, 0.15) is 11.6 Å². The van der Waals surface area contributed by atoms with Crippen LogP contribution in [0, 0.1) is 11.6 Å². The first kappa shape index (κ1) is 22.3. The van der Waals surface area contributed by atoms with E-state index in [0.29, 0.717) is 28.5 Å². The third kappa shape index (κ3) is 4.77. The van der Waals surface area contributed by atoms with E-state index in [-0.39, 0.29) is 23.9 Å². The normalized spacial score (nSPS) is 11.1. The summed E-state index contributed by atoms with van der Waals surface area (Å²) in [6.45, 7) is 0.107. The highest BCUT2D eigenvalue weighted by Gasteiger charge is 2.13. The van der Waals surface area contributed by atoms with Crippen molar-refractivity contribution in [1.29, 1.82) is 0 Å². The number of rotatable bonds is 6. The van der Waals surface area contributed by atoms with Gasteiger partial charge in [-0.3, -0.25) is 4.98 Å². The average molecular weight is 496 g/mol. The van der Waals surface area contributed by atoms with Crippen molar-refractivity contribution < 1.29 is 13.6 Å². The molecule has 35 heavy (non-hydrogen) atoms. The summed E-state index contributed by atoms with van der Waals surface area (Å²) in [7, 11) is 0. The molecule has 0 saturated carbocycles. The van der Waals surface area contributed by atoms with Gasteiger partial charge < -0.3 is 10.6 Å². The number of hydrogen-bond acceptors (Lipinski definition) is 6. The van der Waals surface area contributed by atoms with Crippen molar-refractivity contribution in [3.63, 3.8) is 0 Å². The quantitative estimate of drug-likeness (QED) is 0.373. The fourth-order valence-corrected chi connectivity index (χ4v) is 3.52. The number of nitrogens with one attached hydrogen (secondary N) is 2. The molecule has 13 heteroatoms. The van der Waals surface area contributed by atoms with Crippen LogP contribution in [0.3, 0.4) is 0 Å². The second kappa shape index (κ2) is 9.43. The van der Waals surface area contributed by atoms with Gasteiger partial charge in [0, 0.05) is 17.5 Å². The number of aromatic nitrogens is 7. The molecule has 0 saturated heterocycles. The lowest BCUT2D eigenvalue weighted by atomic mass is 10.2. The smallest absolute Gasteiger partial charge is 0.315 e. The maximum atomic E-state index is 13.8. The van der Waals surface area contributed by atoms with E-state index in [4.69, 9.17) is 11.6 Å². The SMILES string of the molecule is O=C(NCc1ncnn1-c1ccc(Cl)c(F)c1)NCc1ncnn1-c1cnc2cc(F)ccc2c1. The van der Waals surface area contributed by atoms with E-state index in [2.05, 4.69) is 35.8 Å². The van der Waals surface area contributed by atoms with Gasteiger partial charge in [-0.2, -0.15) is 10.2 Å². The number of hydrogen-bond donors (Lipinski definition) is 2. The number of pyridine rings is 1. The number of carbonyl (C=O) groups is 1. The summed E-state index contributed by atoms with van der Waals surface area (Å²) < 4.78 is 30.1. The van der Waals surface area contributed by atoms with E-state index in [0.717, 1.165) is 5.39 Å². The molecular weight excluding hydrogens is 480 g/mol. The molecule has 0 bridgehead atoms. The van der Waals surface area contributed by atoms with Crippen molar-refractivity contribution in [2.75, 3.05) is 0 Å². The number of amides is 2. The minimum atomic E-state index is -0.589. The zero-order valence-electron chi connectivity index (χ0n) is 17.9. The molecule has 0 atom stereocenters. The van der Waals surface area contributed by atoms with Crippen molar-refractivity contribution in [2.24, 2.45) is 0 Å². The van der Waals surface area contributed by atoms with Crippen LogP contribution in [0.15, 0.2) is 61.3 Å². The molecule has 3 aromatic heterocycles. The summed E-state index contributed by atoms with van der Waals surface area (Å²) in [5, 5.41) is 14.4. The van der Waals surface area contributed by atoms with Crippen LogP contribution < -0.4 is 10.6 Å². The molecule has 5 aromatic rings. The summed E-state index contributed by atoms with van der Waals surface area (Å²) in [5.74, 6) is -0.103. The summed E-state index contributed by atoms with van der Waals surface area (Å²) in [4.78, 5) is 24.9. The third-order valence-electron chi connectivity index (χ3n) is 5.07. The Balaban J connectivity index is 1.23. The summed E-state index contributed by atoms with van der Waals surface area (Å²) in [6, 6.07) is 9.87. The summed E-state index contributed by atoms with van der Waals surface area (Å²) in [5.41, 5.74) is 1.55. The Morgan fingerprint density at radius 1 is 0.857 bits per heavy atom. The Hall–Kier alpha value is -4.45. The predicted octanol–water partition coefficient (Wildman–Crippen LogP) is 3.33. The molecule has 10 nitrogen and oxygen atoms in total. The Labute approximate surface area is 201 Å². The van der Waals surface area contributed by atoms with Gasteiger partial charge in [-0.1, -0.05) is 11.6 Å². The van der Waals surface area contributed by atoms with Crippen LogP contribution in [-0.4, -0.2) is 40.5 Å². The Morgan fingerprint density at radius 3 is 2.23 bits per heavy atom. The molecular formula is C22H16ClF2N9O. The van der Waals surface area contributed by atoms with Crippen molar-refractivity contribution >= 4 is 28.5 Å². The van der Waals surface area contributed by atoms with Gasteiger partial charge in [0.05, 0.1) is 41.2 Å². The molecule has 0 radical (unpaired) electrons. The fourth-order valence-electron chi connectivity index (χ4n) is 3.40.